The van der Waals surface area contributed by atoms with Gasteiger partial charge in [0, 0.05) is 38.3 Å². The lowest BCUT2D eigenvalue weighted by Crippen LogP contribution is -2.48. The molecule has 4 aliphatic heterocycles. The fourth-order valence-electron chi connectivity index (χ4n) is 5.16. The highest BCUT2D eigenvalue weighted by molar-refractivity contribution is 6.30. The van der Waals surface area contributed by atoms with Crippen molar-refractivity contribution in [1.82, 2.24) is 9.80 Å². The molecular weight excluding hydrogens is 488 g/mol. The van der Waals surface area contributed by atoms with Crippen LogP contribution in [0.15, 0.2) is 0 Å². The molecule has 4 rings (SSSR count). The Labute approximate surface area is 216 Å². The minimum atomic E-state index is -1.79. The lowest BCUT2D eigenvalue weighted by atomic mass is 9.88. The van der Waals surface area contributed by atoms with E-state index in [1.54, 1.807) is 4.90 Å². The Balaban J connectivity index is 0.000000206. The Bertz CT molecular complexity index is 859. The van der Waals surface area contributed by atoms with Crippen molar-refractivity contribution in [2.45, 2.75) is 88.2 Å². The van der Waals surface area contributed by atoms with Crippen LogP contribution in [-0.2, 0) is 28.5 Å². The van der Waals surface area contributed by atoms with Gasteiger partial charge in [-0.1, -0.05) is 0 Å². The van der Waals surface area contributed by atoms with Gasteiger partial charge in [-0.25, -0.2) is 19.2 Å². The summed E-state index contributed by atoms with van der Waals surface area (Å²) in [5.41, 5.74) is 10.9. The van der Waals surface area contributed by atoms with Crippen LogP contribution >= 0.6 is 0 Å². The first kappa shape index (κ1) is 29.1. The third kappa shape index (κ3) is 8.00. The van der Waals surface area contributed by atoms with E-state index < -0.39 is 23.6 Å². The van der Waals surface area contributed by atoms with Crippen LogP contribution in [0, 0.1) is 0 Å². The largest absolute Gasteiger partial charge is 0.473 e. The molecule has 5 N–H and O–H groups in total. The SMILES string of the molecule is CC(C)(C)OC(=O)N1CCC2(CC1)CC(N)CO2.NC1COC2(CCN(C(=O)OC(=O)C(=O)O)CC2)C1. The molecule has 0 aliphatic carbocycles. The number of hydrogen-bond donors (Lipinski definition) is 3. The number of likely N-dealkylation sites (tertiary alicyclic amines) is 2. The second-order valence-electron chi connectivity index (χ2n) is 11.3. The number of carboxylic acids is 1. The van der Waals surface area contributed by atoms with E-state index in [-0.39, 0.29) is 29.4 Å². The molecule has 2 unspecified atom stereocenters. The maximum absolute atomic E-state index is 11.9. The van der Waals surface area contributed by atoms with Crippen LogP contribution in [-0.4, -0.2) is 107 Å². The minimum absolute atomic E-state index is 0.0205. The van der Waals surface area contributed by atoms with Crippen molar-refractivity contribution in [3.63, 3.8) is 0 Å². The third-order valence-electron chi connectivity index (χ3n) is 7.09. The Morgan fingerprint density at radius 3 is 1.54 bits per heavy atom. The predicted octanol–water partition coefficient (Wildman–Crippen LogP) is 0.820. The maximum atomic E-state index is 11.9. The number of aliphatic carboxylic acids is 1. The average molecular weight is 529 g/mol. The molecule has 13 heteroatoms. The van der Waals surface area contributed by atoms with Crippen molar-refractivity contribution in [3.05, 3.63) is 0 Å². The van der Waals surface area contributed by atoms with Crippen molar-refractivity contribution >= 4 is 24.1 Å². The third-order valence-corrected chi connectivity index (χ3v) is 7.09. The maximum Gasteiger partial charge on any atom is 0.426 e. The molecule has 4 fully saturated rings. The molecule has 0 radical (unpaired) electrons. The number of esters is 1. The summed E-state index contributed by atoms with van der Waals surface area (Å²) in [6, 6.07) is 0.171. The summed E-state index contributed by atoms with van der Waals surface area (Å²) in [4.78, 5) is 47.6. The van der Waals surface area contributed by atoms with Gasteiger partial charge in [0.15, 0.2) is 0 Å². The molecule has 210 valence electrons. The van der Waals surface area contributed by atoms with E-state index in [1.807, 2.05) is 20.8 Å². The van der Waals surface area contributed by atoms with Gasteiger partial charge >= 0.3 is 24.1 Å². The summed E-state index contributed by atoms with van der Waals surface area (Å²) in [6.45, 7) is 8.93. The van der Waals surface area contributed by atoms with Crippen molar-refractivity contribution in [1.29, 1.82) is 0 Å². The van der Waals surface area contributed by atoms with Crippen molar-refractivity contribution < 1.29 is 43.2 Å². The number of nitrogens with two attached hydrogens (primary N) is 2. The zero-order chi connectivity index (χ0) is 27.4. The number of carboxylic acid groups (broad SMARTS) is 1. The van der Waals surface area contributed by atoms with Crippen LogP contribution in [0.5, 0.6) is 0 Å². The summed E-state index contributed by atoms with van der Waals surface area (Å²) in [7, 11) is 0. The molecule has 4 aliphatic rings. The zero-order valence-corrected chi connectivity index (χ0v) is 21.9. The lowest BCUT2D eigenvalue weighted by Gasteiger charge is -2.38. The summed E-state index contributed by atoms with van der Waals surface area (Å²) in [6.07, 6.45) is 3.46. The van der Waals surface area contributed by atoms with Crippen LogP contribution in [0.4, 0.5) is 9.59 Å². The molecule has 13 nitrogen and oxygen atoms in total. The molecule has 2 atom stereocenters. The van der Waals surface area contributed by atoms with Gasteiger partial charge in [-0.15, -0.1) is 0 Å². The summed E-state index contributed by atoms with van der Waals surface area (Å²) in [5.74, 6) is -3.35. The Morgan fingerprint density at radius 2 is 1.22 bits per heavy atom. The quantitative estimate of drug-likeness (QED) is 0.230. The topological polar surface area (TPSA) is 184 Å². The second kappa shape index (κ2) is 11.5. The van der Waals surface area contributed by atoms with E-state index in [9.17, 15) is 19.2 Å². The molecule has 0 aromatic carbocycles. The molecule has 2 amide bonds. The van der Waals surface area contributed by atoms with Crippen LogP contribution in [0.2, 0.25) is 0 Å². The van der Waals surface area contributed by atoms with Crippen LogP contribution in [0.3, 0.4) is 0 Å². The van der Waals surface area contributed by atoms with Crippen molar-refractivity contribution in [3.8, 4) is 0 Å². The first-order chi connectivity index (χ1) is 17.2. The van der Waals surface area contributed by atoms with Crippen LogP contribution in [0.1, 0.15) is 59.3 Å². The fraction of sp³-hybridized carbons (Fsp3) is 0.833. The number of piperidine rings is 2. The minimum Gasteiger partial charge on any atom is -0.473 e. The number of nitrogens with zero attached hydrogens (tertiary/aromatic N) is 2. The summed E-state index contributed by atoms with van der Waals surface area (Å²) >= 11 is 0. The Hall–Kier alpha value is -2.48. The van der Waals surface area contributed by atoms with Gasteiger partial charge in [-0.05, 0) is 59.3 Å². The Kier molecular flexibility index (Phi) is 9.04. The van der Waals surface area contributed by atoms with E-state index in [0.717, 1.165) is 25.7 Å². The molecule has 0 aromatic rings. The molecule has 2 spiro atoms. The molecule has 37 heavy (non-hydrogen) atoms. The highest BCUT2D eigenvalue weighted by Gasteiger charge is 2.44. The number of carbonyl (C=O) groups excluding carboxylic acids is 3. The van der Waals surface area contributed by atoms with Gasteiger partial charge < -0.3 is 45.3 Å². The highest BCUT2D eigenvalue weighted by atomic mass is 16.6. The monoisotopic (exact) mass is 528 g/mol. The second-order valence-corrected chi connectivity index (χ2v) is 11.3. The van der Waals surface area contributed by atoms with Crippen LogP contribution < -0.4 is 11.5 Å². The van der Waals surface area contributed by atoms with Crippen molar-refractivity contribution in [2.24, 2.45) is 11.5 Å². The summed E-state index contributed by atoms with van der Waals surface area (Å²) in [5, 5.41) is 8.35. The zero-order valence-electron chi connectivity index (χ0n) is 21.9. The molecule has 0 bridgehead atoms. The molecule has 4 saturated heterocycles. The molecule has 4 heterocycles. The van der Waals surface area contributed by atoms with E-state index >= 15 is 0 Å². The smallest absolute Gasteiger partial charge is 0.426 e. The van der Waals surface area contributed by atoms with Gasteiger partial charge in [0.2, 0.25) is 0 Å². The van der Waals surface area contributed by atoms with Gasteiger partial charge in [0.25, 0.3) is 0 Å². The number of rotatable bonds is 0. The molecule has 0 saturated carbocycles. The highest BCUT2D eigenvalue weighted by Crippen LogP contribution is 2.36. The lowest BCUT2D eigenvalue weighted by molar-refractivity contribution is -0.160. The van der Waals surface area contributed by atoms with E-state index in [2.05, 4.69) is 4.74 Å². The normalized spacial score (nSPS) is 26.4. The van der Waals surface area contributed by atoms with E-state index in [1.165, 1.54) is 4.90 Å². The van der Waals surface area contributed by atoms with Crippen molar-refractivity contribution in [2.75, 3.05) is 39.4 Å². The van der Waals surface area contributed by atoms with Gasteiger partial charge in [0.1, 0.15) is 5.60 Å². The first-order valence-electron chi connectivity index (χ1n) is 12.7. The Morgan fingerprint density at radius 1 is 0.811 bits per heavy atom. The predicted molar refractivity (Wildman–Crippen MR) is 130 cm³/mol. The van der Waals surface area contributed by atoms with E-state index in [0.29, 0.717) is 52.2 Å². The number of amides is 2. The number of carbonyl (C=O) groups is 4. The summed E-state index contributed by atoms with van der Waals surface area (Å²) < 4.78 is 21.1. The van der Waals surface area contributed by atoms with Crippen LogP contribution in [0.25, 0.3) is 0 Å². The average Bonchev–Trinajstić information content (AvgIpc) is 3.35. The number of hydrogen-bond acceptors (Lipinski definition) is 10. The fourth-order valence-corrected chi connectivity index (χ4v) is 5.16. The van der Waals surface area contributed by atoms with E-state index in [4.69, 9.17) is 30.8 Å². The first-order valence-corrected chi connectivity index (χ1v) is 12.7. The molecule has 0 aromatic heterocycles. The number of ether oxygens (including phenoxy) is 4. The van der Waals surface area contributed by atoms with Gasteiger partial charge in [-0.2, -0.15) is 0 Å². The van der Waals surface area contributed by atoms with Gasteiger partial charge in [0.05, 0.1) is 24.4 Å². The van der Waals surface area contributed by atoms with Gasteiger partial charge in [-0.3, -0.25) is 0 Å². The molecular formula is C24H40N4O9. The standard InChI is InChI=1S/C13H24N2O3.C11H16N2O6/c1-12(2,3)18-11(16)15-6-4-13(5-7-15)8-10(14)9-17-13;12-7-5-11(18-6-7)1-3-13(4-2-11)10(17)19-9(16)8(14)15/h10H,4-9,14H2,1-3H3;7H,1-6,12H2,(H,14,15).